The van der Waals surface area contributed by atoms with Crippen molar-refractivity contribution >= 4 is 11.8 Å². The van der Waals surface area contributed by atoms with E-state index in [2.05, 4.69) is 0 Å². The van der Waals surface area contributed by atoms with Gasteiger partial charge in [-0.05, 0) is 12.5 Å². The first-order valence-corrected chi connectivity index (χ1v) is 5.34. The number of carbonyl (C=O) groups excluding carboxylic acids is 2. The van der Waals surface area contributed by atoms with E-state index in [1.807, 2.05) is 31.2 Å². The Labute approximate surface area is 95.4 Å². The van der Waals surface area contributed by atoms with Gasteiger partial charge in [0.05, 0.1) is 0 Å². The van der Waals surface area contributed by atoms with Crippen molar-refractivity contribution in [3.05, 3.63) is 35.4 Å². The van der Waals surface area contributed by atoms with Crippen LogP contribution in [-0.4, -0.2) is 11.8 Å². The van der Waals surface area contributed by atoms with Gasteiger partial charge in [-0.2, -0.15) is 0 Å². The average Bonchev–Trinajstić information content (AvgIpc) is 2.28. The smallest absolute Gasteiger partial charge is 0.313 e. The molecule has 0 amide bonds. The van der Waals surface area contributed by atoms with Gasteiger partial charge < -0.3 is 4.74 Å². The van der Waals surface area contributed by atoms with Crippen LogP contribution < -0.4 is 0 Å². The quantitative estimate of drug-likeness (QED) is 0.565. The molecule has 16 heavy (non-hydrogen) atoms. The maximum Gasteiger partial charge on any atom is 0.313 e. The molecule has 3 heteroatoms. The van der Waals surface area contributed by atoms with Crippen molar-refractivity contribution in [2.24, 2.45) is 0 Å². The maximum atomic E-state index is 11.2. The van der Waals surface area contributed by atoms with E-state index in [1.54, 1.807) is 6.92 Å². The van der Waals surface area contributed by atoms with Gasteiger partial charge in [-0.15, -0.1) is 0 Å². The van der Waals surface area contributed by atoms with Crippen molar-refractivity contribution in [2.45, 2.75) is 33.3 Å². The van der Waals surface area contributed by atoms with Crippen molar-refractivity contribution < 1.29 is 14.3 Å². The summed E-state index contributed by atoms with van der Waals surface area (Å²) in [5.41, 5.74) is 2.10. The van der Waals surface area contributed by atoms with Crippen LogP contribution in [0.1, 0.15) is 30.9 Å². The first-order chi connectivity index (χ1) is 7.61. The molecule has 0 spiro atoms. The number of hydrogen-bond acceptors (Lipinski definition) is 3. The van der Waals surface area contributed by atoms with E-state index in [9.17, 15) is 9.59 Å². The highest BCUT2D eigenvalue weighted by Crippen LogP contribution is 2.05. The van der Waals surface area contributed by atoms with Gasteiger partial charge in [0.15, 0.2) is 0 Å². The lowest BCUT2D eigenvalue weighted by molar-refractivity contribution is -0.147. The minimum Gasteiger partial charge on any atom is -0.460 e. The number of benzene rings is 1. The number of ketones is 1. The number of rotatable bonds is 5. The molecule has 0 saturated carbocycles. The van der Waals surface area contributed by atoms with Crippen LogP contribution in [0.3, 0.4) is 0 Å². The Morgan fingerprint density at radius 3 is 2.38 bits per heavy atom. The molecular weight excluding hydrogens is 204 g/mol. The van der Waals surface area contributed by atoms with Crippen molar-refractivity contribution in [2.75, 3.05) is 0 Å². The molecule has 0 saturated heterocycles. The summed E-state index contributed by atoms with van der Waals surface area (Å²) in [6.07, 6.45) is 0.252. The molecule has 0 bridgehead atoms. The fourth-order valence-electron chi connectivity index (χ4n) is 1.19. The van der Waals surface area contributed by atoms with Crippen LogP contribution in [0.5, 0.6) is 0 Å². The van der Waals surface area contributed by atoms with Crippen LogP contribution in [0.15, 0.2) is 24.3 Å². The SMILES string of the molecule is CCC(=O)CC(=O)OCc1ccc(C)cc1. The molecular formula is C13H16O3. The molecule has 0 aromatic heterocycles. The van der Waals surface area contributed by atoms with E-state index in [0.717, 1.165) is 11.1 Å². The van der Waals surface area contributed by atoms with Crippen LogP contribution >= 0.6 is 0 Å². The fourth-order valence-corrected chi connectivity index (χ4v) is 1.19. The van der Waals surface area contributed by atoms with E-state index < -0.39 is 5.97 Å². The molecule has 0 radical (unpaired) electrons. The molecule has 0 atom stereocenters. The monoisotopic (exact) mass is 220 g/mol. The summed E-state index contributed by atoms with van der Waals surface area (Å²) in [5.74, 6) is -0.540. The minimum atomic E-state index is -0.451. The maximum absolute atomic E-state index is 11.2. The second-order valence-electron chi connectivity index (χ2n) is 3.72. The molecule has 0 heterocycles. The molecule has 1 aromatic carbocycles. The molecule has 0 unspecified atom stereocenters. The lowest BCUT2D eigenvalue weighted by atomic mass is 10.2. The van der Waals surface area contributed by atoms with E-state index in [-0.39, 0.29) is 18.8 Å². The number of carbonyl (C=O) groups is 2. The van der Waals surface area contributed by atoms with Gasteiger partial charge in [-0.3, -0.25) is 9.59 Å². The van der Waals surface area contributed by atoms with E-state index in [0.29, 0.717) is 6.42 Å². The standard InChI is InChI=1S/C13H16O3/c1-3-12(14)8-13(15)16-9-11-6-4-10(2)5-7-11/h4-7H,3,8-9H2,1-2H3. The Balaban J connectivity index is 2.37. The Bertz CT molecular complexity index is 365. The Kier molecular flexibility index (Phi) is 4.70. The predicted molar refractivity (Wildman–Crippen MR) is 60.9 cm³/mol. The van der Waals surface area contributed by atoms with Crippen molar-refractivity contribution in [3.8, 4) is 0 Å². The molecule has 0 fully saturated rings. The zero-order valence-electron chi connectivity index (χ0n) is 9.66. The van der Waals surface area contributed by atoms with Crippen LogP contribution in [0.25, 0.3) is 0 Å². The Hall–Kier alpha value is -1.64. The second-order valence-corrected chi connectivity index (χ2v) is 3.72. The number of esters is 1. The second kappa shape index (κ2) is 6.05. The molecule has 1 rings (SSSR count). The molecule has 3 nitrogen and oxygen atoms in total. The summed E-state index contributed by atoms with van der Waals surface area (Å²) in [7, 11) is 0. The highest BCUT2D eigenvalue weighted by atomic mass is 16.5. The van der Waals surface area contributed by atoms with E-state index in [1.165, 1.54) is 0 Å². The highest BCUT2D eigenvalue weighted by molar-refractivity contribution is 5.95. The number of hydrogen-bond donors (Lipinski definition) is 0. The van der Waals surface area contributed by atoms with Gasteiger partial charge in [0, 0.05) is 6.42 Å². The number of Topliss-reactive ketones (excluding diaryl/α,β-unsaturated/α-hetero) is 1. The summed E-state index contributed by atoms with van der Waals surface area (Å²) in [4.78, 5) is 22.2. The summed E-state index contributed by atoms with van der Waals surface area (Å²) < 4.78 is 4.98. The fraction of sp³-hybridized carbons (Fsp3) is 0.385. The number of ether oxygens (including phenoxy) is 1. The van der Waals surface area contributed by atoms with Gasteiger partial charge >= 0.3 is 5.97 Å². The largest absolute Gasteiger partial charge is 0.460 e. The van der Waals surface area contributed by atoms with Crippen LogP contribution in [0, 0.1) is 6.92 Å². The predicted octanol–water partition coefficient (Wildman–Crippen LogP) is 2.41. The van der Waals surface area contributed by atoms with Crippen molar-refractivity contribution in [1.82, 2.24) is 0 Å². The normalized spacial score (nSPS) is 9.88. The third kappa shape index (κ3) is 4.26. The van der Waals surface area contributed by atoms with Crippen LogP contribution in [0.2, 0.25) is 0 Å². The van der Waals surface area contributed by atoms with Gasteiger partial charge in [-0.25, -0.2) is 0 Å². The molecule has 1 aromatic rings. The molecule has 0 aliphatic rings. The Morgan fingerprint density at radius 2 is 1.81 bits per heavy atom. The van der Waals surface area contributed by atoms with Gasteiger partial charge in [0.1, 0.15) is 18.8 Å². The zero-order valence-corrected chi connectivity index (χ0v) is 9.66. The lowest BCUT2D eigenvalue weighted by Gasteiger charge is -2.04. The summed E-state index contributed by atoms with van der Waals surface area (Å²) in [6, 6.07) is 7.73. The summed E-state index contributed by atoms with van der Waals surface area (Å²) in [5, 5.41) is 0. The summed E-state index contributed by atoms with van der Waals surface area (Å²) in [6.45, 7) is 3.96. The highest BCUT2D eigenvalue weighted by Gasteiger charge is 2.08. The van der Waals surface area contributed by atoms with E-state index >= 15 is 0 Å². The minimum absolute atomic E-state index is 0.0890. The number of aryl methyl sites for hydroxylation is 1. The first kappa shape index (κ1) is 12.4. The van der Waals surface area contributed by atoms with Crippen LogP contribution in [0.4, 0.5) is 0 Å². The zero-order chi connectivity index (χ0) is 12.0. The molecule has 86 valence electrons. The van der Waals surface area contributed by atoms with Gasteiger partial charge in [0.2, 0.25) is 0 Å². The van der Waals surface area contributed by atoms with Crippen molar-refractivity contribution in [1.29, 1.82) is 0 Å². The Morgan fingerprint density at radius 1 is 1.19 bits per heavy atom. The van der Waals surface area contributed by atoms with E-state index in [4.69, 9.17) is 4.74 Å². The third-order valence-electron chi connectivity index (χ3n) is 2.26. The van der Waals surface area contributed by atoms with Crippen LogP contribution in [-0.2, 0) is 20.9 Å². The average molecular weight is 220 g/mol. The van der Waals surface area contributed by atoms with Gasteiger partial charge in [-0.1, -0.05) is 36.8 Å². The summed E-state index contributed by atoms with van der Waals surface area (Å²) >= 11 is 0. The first-order valence-electron chi connectivity index (χ1n) is 5.34. The molecule has 0 N–H and O–H groups in total. The topological polar surface area (TPSA) is 43.4 Å². The van der Waals surface area contributed by atoms with Gasteiger partial charge in [0.25, 0.3) is 0 Å². The van der Waals surface area contributed by atoms with Crippen molar-refractivity contribution in [3.63, 3.8) is 0 Å². The lowest BCUT2D eigenvalue weighted by Crippen LogP contribution is -2.10. The molecule has 0 aliphatic carbocycles. The molecule has 0 aliphatic heterocycles. The third-order valence-corrected chi connectivity index (χ3v) is 2.26.